The lowest BCUT2D eigenvalue weighted by Crippen LogP contribution is -2.30. The van der Waals surface area contributed by atoms with Crippen LogP contribution in [0.1, 0.15) is 10.4 Å². The summed E-state index contributed by atoms with van der Waals surface area (Å²) in [4.78, 5) is 13.8. The largest absolute Gasteiger partial charge is 0.490 e. The van der Waals surface area contributed by atoms with E-state index in [0.717, 1.165) is 0 Å². The topological polar surface area (TPSA) is 70.4 Å². The van der Waals surface area contributed by atoms with E-state index in [2.05, 4.69) is 4.98 Å². The van der Waals surface area contributed by atoms with E-state index < -0.39 is 7.12 Å². The van der Waals surface area contributed by atoms with Gasteiger partial charge in [-0.05, 0) is 6.07 Å². The number of carbonyl (C=O) groups is 1. The van der Waals surface area contributed by atoms with Gasteiger partial charge in [0.15, 0.2) is 6.29 Å². The van der Waals surface area contributed by atoms with Crippen LogP contribution >= 0.6 is 0 Å². The average molecular weight is 151 g/mol. The smallest absolute Gasteiger partial charge is 0.423 e. The van der Waals surface area contributed by atoms with E-state index in [4.69, 9.17) is 10.0 Å². The SMILES string of the molecule is O=Cc1cncc(B(O)O)c1. The van der Waals surface area contributed by atoms with Crippen LogP contribution in [0.4, 0.5) is 0 Å². The summed E-state index contributed by atoms with van der Waals surface area (Å²) in [5, 5.41) is 17.3. The van der Waals surface area contributed by atoms with Gasteiger partial charge in [-0.1, -0.05) is 0 Å². The van der Waals surface area contributed by atoms with Gasteiger partial charge in [0, 0.05) is 23.4 Å². The van der Waals surface area contributed by atoms with Crippen LogP contribution in [0, 0.1) is 0 Å². The molecule has 2 N–H and O–H groups in total. The van der Waals surface area contributed by atoms with Crippen LogP contribution in [0.15, 0.2) is 18.5 Å². The van der Waals surface area contributed by atoms with Crippen molar-refractivity contribution in [1.82, 2.24) is 4.98 Å². The highest BCUT2D eigenvalue weighted by Crippen LogP contribution is 1.88. The summed E-state index contributed by atoms with van der Waals surface area (Å²) in [5.74, 6) is 0. The first kappa shape index (κ1) is 7.91. The second kappa shape index (κ2) is 3.27. The molecule has 0 aliphatic rings. The number of hydrogen-bond donors (Lipinski definition) is 2. The van der Waals surface area contributed by atoms with Gasteiger partial charge >= 0.3 is 7.12 Å². The quantitative estimate of drug-likeness (QED) is 0.401. The van der Waals surface area contributed by atoms with E-state index in [9.17, 15) is 4.79 Å². The summed E-state index contributed by atoms with van der Waals surface area (Å²) in [6.45, 7) is 0. The Morgan fingerprint density at radius 2 is 2.18 bits per heavy atom. The second-order valence-corrected chi connectivity index (χ2v) is 2.04. The van der Waals surface area contributed by atoms with Gasteiger partial charge in [0.1, 0.15) is 0 Å². The lowest BCUT2D eigenvalue weighted by molar-refractivity contribution is 0.112. The number of carbonyl (C=O) groups excluding carboxylic acids is 1. The first-order chi connectivity index (χ1) is 5.24. The van der Waals surface area contributed by atoms with Crippen LogP contribution in [-0.2, 0) is 0 Å². The van der Waals surface area contributed by atoms with E-state index >= 15 is 0 Å². The van der Waals surface area contributed by atoms with Crippen molar-refractivity contribution in [3.8, 4) is 0 Å². The van der Waals surface area contributed by atoms with Gasteiger partial charge in [-0.25, -0.2) is 0 Å². The molecule has 56 valence electrons. The lowest BCUT2D eigenvalue weighted by atomic mass is 9.81. The molecule has 4 nitrogen and oxygen atoms in total. The molecule has 0 spiro atoms. The highest BCUT2D eigenvalue weighted by molar-refractivity contribution is 6.58. The standard InChI is InChI=1S/C6H6BNO3/c9-4-5-1-6(7(10)11)3-8-2-5/h1-4,10-11H. The summed E-state index contributed by atoms with van der Waals surface area (Å²) < 4.78 is 0. The Morgan fingerprint density at radius 3 is 2.73 bits per heavy atom. The molecule has 1 rings (SSSR count). The van der Waals surface area contributed by atoms with Crippen molar-refractivity contribution in [2.75, 3.05) is 0 Å². The maximum absolute atomic E-state index is 10.2. The molecule has 1 heterocycles. The Hall–Kier alpha value is -1.20. The minimum atomic E-state index is -1.57. The third kappa shape index (κ3) is 1.86. The summed E-state index contributed by atoms with van der Waals surface area (Å²) in [5.41, 5.74) is 0.546. The molecular weight excluding hydrogens is 145 g/mol. The van der Waals surface area contributed by atoms with Crippen molar-refractivity contribution in [2.45, 2.75) is 0 Å². The van der Waals surface area contributed by atoms with Crippen LogP contribution in [0.3, 0.4) is 0 Å². The summed E-state index contributed by atoms with van der Waals surface area (Å²) in [6.07, 6.45) is 3.23. The molecule has 0 fully saturated rings. The number of pyridine rings is 1. The normalized spacial score (nSPS) is 9.27. The summed E-state index contributed by atoms with van der Waals surface area (Å²) in [6, 6.07) is 1.37. The van der Waals surface area contributed by atoms with Gasteiger partial charge in [-0.2, -0.15) is 0 Å². The van der Waals surface area contributed by atoms with Crippen LogP contribution < -0.4 is 5.46 Å². The fourth-order valence-electron chi connectivity index (χ4n) is 0.682. The van der Waals surface area contributed by atoms with Crippen molar-refractivity contribution in [2.24, 2.45) is 0 Å². The van der Waals surface area contributed by atoms with Crippen molar-refractivity contribution in [3.63, 3.8) is 0 Å². The minimum Gasteiger partial charge on any atom is -0.423 e. The monoisotopic (exact) mass is 151 g/mol. The third-order valence-electron chi connectivity index (χ3n) is 1.21. The van der Waals surface area contributed by atoms with Crippen LogP contribution in [0.2, 0.25) is 0 Å². The minimum absolute atomic E-state index is 0.217. The van der Waals surface area contributed by atoms with Crippen LogP contribution in [0.5, 0.6) is 0 Å². The lowest BCUT2D eigenvalue weighted by Gasteiger charge is -1.96. The molecule has 0 aliphatic carbocycles. The molecule has 0 unspecified atom stereocenters. The molecule has 11 heavy (non-hydrogen) atoms. The maximum atomic E-state index is 10.2. The Labute approximate surface area is 63.7 Å². The molecule has 1 aromatic heterocycles. The van der Waals surface area contributed by atoms with Gasteiger partial charge in [-0.3, -0.25) is 9.78 Å². The van der Waals surface area contributed by atoms with Gasteiger partial charge in [-0.15, -0.1) is 0 Å². The Balaban J connectivity index is 3.00. The zero-order chi connectivity index (χ0) is 8.27. The van der Waals surface area contributed by atoms with Crippen molar-refractivity contribution in [1.29, 1.82) is 0 Å². The fourth-order valence-corrected chi connectivity index (χ4v) is 0.682. The number of aromatic nitrogens is 1. The maximum Gasteiger partial charge on any atom is 0.490 e. The molecule has 0 atom stereocenters. The van der Waals surface area contributed by atoms with Gasteiger partial charge in [0.05, 0.1) is 0 Å². The van der Waals surface area contributed by atoms with Crippen molar-refractivity contribution >= 4 is 18.9 Å². The van der Waals surface area contributed by atoms with E-state index in [0.29, 0.717) is 11.8 Å². The van der Waals surface area contributed by atoms with Crippen LogP contribution in [-0.4, -0.2) is 28.4 Å². The molecular formula is C6H6BNO3. The van der Waals surface area contributed by atoms with E-state index in [1.807, 2.05) is 0 Å². The predicted molar refractivity (Wildman–Crippen MR) is 39.5 cm³/mol. The number of rotatable bonds is 2. The zero-order valence-corrected chi connectivity index (χ0v) is 5.64. The van der Waals surface area contributed by atoms with E-state index in [1.165, 1.54) is 18.5 Å². The van der Waals surface area contributed by atoms with Crippen molar-refractivity contribution in [3.05, 3.63) is 24.0 Å². The zero-order valence-electron chi connectivity index (χ0n) is 5.64. The Bertz CT molecular complexity index is 264. The Kier molecular flexibility index (Phi) is 2.35. The molecule has 0 bridgehead atoms. The molecule has 1 aromatic rings. The number of aldehydes is 1. The van der Waals surface area contributed by atoms with Crippen molar-refractivity contribution < 1.29 is 14.8 Å². The number of hydrogen-bond acceptors (Lipinski definition) is 4. The third-order valence-corrected chi connectivity index (χ3v) is 1.21. The Morgan fingerprint density at radius 1 is 1.45 bits per heavy atom. The first-order valence-electron chi connectivity index (χ1n) is 3.00. The molecule has 0 amide bonds. The van der Waals surface area contributed by atoms with Gasteiger partial charge in [0.25, 0.3) is 0 Å². The molecule has 0 radical (unpaired) electrons. The predicted octanol–water partition coefficient (Wildman–Crippen LogP) is -1.43. The molecule has 0 aliphatic heterocycles. The van der Waals surface area contributed by atoms with E-state index in [-0.39, 0.29) is 5.46 Å². The number of nitrogens with zero attached hydrogens (tertiary/aromatic N) is 1. The van der Waals surface area contributed by atoms with Gasteiger partial charge < -0.3 is 10.0 Å². The average Bonchev–Trinajstić information content (AvgIpc) is 2.05. The summed E-state index contributed by atoms with van der Waals surface area (Å²) in [7, 11) is -1.57. The fraction of sp³-hybridized carbons (Fsp3) is 0. The molecule has 0 saturated carbocycles. The molecule has 5 heteroatoms. The molecule has 0 saturated heterocycles. The van der Waals surface area contributed by atoms with E-state index in [1.54, 1.807) is 0 Å². The summed E-state index contributed by atoms with van der Waals surface area (Å²) >= 11 is 0. The second-order valence-electron chi connectivity index (χ2n) is 2.04. The highest BCUT2D eigenvalue weighted by Gasteiger charge is 2.10. The van der Waals surface area contributed by atoms with Gasteiger partial charge in [0.2, 0.25) is 0 Å². The first-order valence-corrected chi connectivity index (χ1v) is 3.00. The molecule has 0 aromatic carbocycles. The highest BCUT2D eigenvalue weighted by atomic mass is 16.4. The van der Waals surface area contributed by atoms with Crippen LogP contribution in [0.25, 0.3) is 0 Å².